The molecule has 0 fully saturated rings. The molecule has 6 aromatic carbocycles. The fourth-order valence-electron chi connectivity index (χ4n) is 6.98. The first-order valence-corrected chi connectivity index (χ1v) is 24.1. The number of nitrogens with one attached hydrogen (secondary N) is 4. The van der Waals surface area contributed by atoms with Gasteiger partial charge in [0.15, 0.2) is 15.1 Å². The fourth-order valence-corrected chi connectivity index (χ4v) is 8.57. The number of hydrogen-bond acceptors (Lipinski definition) is 12. The molecule has 14 nitrogen and oxygen atoms in total. The monoisotopic (exact) mass is 1000 g/mol. The van der Waals surface area contributed by atoms with Gasteiger partial charge in [-0.1, -0.05) is 187 Å². The molecule has 9 aromatic rings. The first-order valence-electron chi connectivity index (χ1n) is 21.7. The van der Waals surface area contributed by atoms with Crippen molar-refractivity contribution < 1.29 is 9.90 Å². The van der Waals surface area contributed by atoms with Crippen LogP contribution in [0.2, 0.25) is 0 Å². The summed E-state index contributed by atoms with van der Waals surface area (Å²) in [6.07, 6.45) is 0. The van der Waals surface area contributed by atoms with E-state index < -0.39 is 22.6 Å². The Labute approximate surface area is 425 Å². The highest BCUT2D eigenvalue weighted by Gasteiger charge is 2.17. The van der Waals surface area contributed by atoms with Crippen molar-refractivity contribution in [2.45, 2.75) is 23.0 Å². The summed E-state index contributed by atoms with van der Waals surface area (Å²) in [7, 11) is 0. The van der Waals surface area contributed by atoms with E-state index in [-0.39, 0.29) is 38.1 Å². The molecule has 3 heterocycles. The molecule has 0 amide bonds. The number of nitriles is 3. The van der Waals surface area contributed by atoms with Gasteiger partial charge in [0, 0.05) is 16.9 Å². The number of aryl methyl sites for hydroxylation is 1. The SMILES string of the molecule is Cc1ccc(-c2[nH]c(=S)[nH]c(=O)c2C#N)cc1.N#Cc1c(-c2ccc(-c3ccccc3)cc2)nc(SCC(=O)O)[nH]c1=O.N#Cc1c(-c2cccc(-c3ccccc3)c2)nc(SCc2ccccc2)[nH]c1=O. The van der Waals surface area contributed by atoms with Gasteiger partial charge >= 0.3 is 5.97 Å². The van der Waals surface area contributed by atoms with Crippen molar-refractivity contribution in [3.63, 3.8) is 0 Å². The molecule has 9 rings (SSSR count). The van der Waals surface area contributed by atoms with Gasteiger partial charge in [0.1, 0.15) is 34.9 Å². The molecule has 0 aliphatic carbocycles. The Morgan fingerprint density at radius 2 is 0.972 bits per heavy atom. The van der Waals surface area contributed by atoms with Crippen LogP contribution in [0, 0.1) is 45.7 Å². The Balaban J connectivity index is 0.000000164. The molecule has 3 aromatic heterocycles. The molecule has 0 bridgehead atoms. The number of nitrogens with zero attached hydrogens (tertiary/aromatic N) is 5. The molecule has 72 heavy (non-hydrogen) atoms. The topological polar surface area (TPSA) is 249 Å². The minimum absolute atomic E-state index is 0.0271. The number of aromatic nitrogens is 6. The minimum atomic E-state index is -1.02. The molecule has 0 radical (unpaired) electrons. The van der Waals surface area contributed by atoms with Gasteiger partial charge in [-0.3, -0.25) is 24.2 Å². The number of carbonyl (C=O) groups is 1. The smallest absolute Gasteiger partial charge is 0.313 e. The molecule has 0 spiro atoms. The number of H-pyrrole nitrogens is 4. The normalized spacial score (nSPS) is 10.2. The van der Waals surface area contributed by atoms with Crippen molar-refractivity contribution >= 4 is 41.7 Å². The largest absolute Gasteiger partial charge is 0.481 e. The second-order valence-electron chi connectivity index (χ2n) is 15.4. The second-order valence-corrected chi connectivity index (χ2v) is 17.7. The number of rotatable bonds is 11. The molecule has 0 unspecified atom stereocenters. The van der Waals surface area contributed by atoms with E-state index in [1.807, 2.05) is 177 Å². The lowest BCUT2D eigenvalue weighted by molar-refractivity contribution is -0.133. The summed E-state index contributed by atoms with van der Waals surface area (Å²) in [5.41, 5.74) is 8.10. The molecule has 0 saturated heterocycles. The van der Waals surface area contributed by atoms with E-state index in [0.717, 1.165) is 56.3 Å². The number of thioether (sulfide) groups is 2. The molecule has 17 heteroatoms. The van der Waals surface area contributed by atoms with E-state index in [1.54, 1.807) is 12.1 Å². The first-order chi connectivity index (χ1) is 34.9. The summed E-state index contributed by atoms with van der Waals surface area (Å²) in [5.74, 6) is -0.573. The molecule has 0 aliphatic rings. The zero-order valence-electron chi connectivity index (χ0n) is 38.0. The van der Waals surface area contributed by atoms with Crippen LogP contribution in [0.15, 0.2) is 188 Å². The number of carboxylic acid groups (broad SMARTS) is 1. The third-order valence-electron chi connectivity index (χ3n) is 10.5. The van der Waals surface area contributed by atoms with Crippen molar-refractivity contribution in [1.29, 1.82) is 15.8 Å². The van der Waals surface area contributed by atoms with Crippen molar-refractivity contribution in [3.8, 4) is 74.2 Å². The number of hydrogen-bond donors (Lipinski definition) is 5. The summed E-state index contributed by atoms with van der Waals surface area (Å²) >= 11 is 7.24. The number of benzene rings is 6. The lowest BCUT2D eigenvalue weighted by Crippen LogP contribution is -2.15. The van der Waals surface area contributed by atoms with Gasteiger partial charge in [0.25, 0.3) is 16.7 Å². The maximum Gasteiger partial charge on any atom is 0.313 e. The standard InChI is InChI=1S/C24H17N3OS.C19H13N3O3S.C12H9N3OS/c25-15-21-22(20-13-7-12-19(14-20)18-10-5-2-6-11-18)26-24(27-23(21)28)29-16-17-8-3-1-4-9-17;20-10-15-17(21-19(22-18(15)25)26-11-16(23)24)14-8-6-13(7-9-14)12-4-2-1-3-5-12;1-7-2-4-8(5-3-7)10-9(6-13)11(16)15-12(17)14-10/h1-14H,16H2,(H,26,27,28);1-9H,11H2,(H,23,24)(H,21,22,25);2-5H,1H3,(H2,14,15,16,17). The predicted octanol–water partition coefficient (Wildman–Crippen LogP) is 10.7. The zero-order chi connectivity index (χ0) is 51.0. The van der Waals surface area contributed by atoms with Gasteiger partial charge < -0.3 is 20.1 Å². The Bertz CT molecular complexity index is 3750. The van der Waals surface area contributed by atoms with Crippen LogP contribution < -0.4 is 16.7 Å². The highest BCUT2D eigenvalue weighted by atomic mass is 32.2. The minimum Gasteiger partial charge on any atom is -0.481 e. The summed E-state index contributed by atoms with van der Waals surface area (Å²) < 4.78 is 0.213. The van der Waals surface area contributed by atoms with Crippen molar-refractivity contribution in [1.82, 2.24) is 29.9 Å². The van der Waals surface area contributed by atoms with E-state index in [9.17, 15) is 29.7 Å². The maximum atomic E-state index is 12.5. The summed E-state index contributed by atoms with van der Waals surface area (Å²) in [5, 5.41) is 37.2. The van der Waals surface area contributed by atoms with Gasteiger partial charge in [0.05, 0.1) is 22.8 Å². The third-order valence-corrected chi connectivity index (χ3v) is 12.5. The van der Waals surface area contributed by atoms with Crippen LogP contribution in [0.1, 0.15) is 27.8 Å². The van der Waals surface area contributed by atoms with Crippen molar-refractivity contribution in [2.75, 3.05) is 5.75 Å². The Morgan fingerprint density at radius 1 is 0.528 bits per heavy atom. The highest BCUT2D eigenvalue weighted by Crippen LogP contribution is 2.29. The lowest BCUT2D eigenvalue weighted by atomic mass is 10.0. The van der Waals surface area contributed by atoms with Crippen LogP contribution in [0.3, 0.4) is 0 Å². The van der Waals surface area contributed by atoms with Gasteiger partial charge in [-0.2, -0.15) is 15.8 Å². The Hall–Kier alpha value is -9.18. The van der Waals surface area contributed by atoms with Gasteiger partial charge in [-0.25, -0.2) is 9.97 Å². The van der Waals surface area contributed by atoms with E-state index >= 15 is 0 Å². The highest BCUT2D eigenvalue weighted by molar-refractivity contribution is 7.99. The molecule has 0 atom stereocenters. The average molecular weight is 1000 g/mol. The molecular formula is C55H39N9O5S3. The quantitative estimate of drug-likeness (QED) is 0.0460. The van der Waals surface area contributed by atoms with Gasteiger partial charge in [-0.05, 0) is 58.6 Å². The van der Waals surface area contributed by atoms with Crippen LogP contribution in [0.25, 0.3) is 56.0 Å². The Morgan fingerprint density at radius 3 is 1.53 bits per heavy atom. The van der Waals surface area contributed by atoms with Crippen LogP contribution in [0.4, 0.5) is 0 Å². The lowest BCUT2D eigenvalue weighted by Gasteiger charge is -2.09. The zero-order valence-corrected chi connectivity index (χ0v) is 40.5. The summed E-state index contributed by atoms with van der Waals surface area (Å²) in [6.45, 7) is 1.97. The maximum absolute atomic E-state index is 12.5. The molecule has 352 valence electrons. The van der Waals surface area contributed by atoms with Crippen LogP contribution in [-0.2, 0) is 10.5 Å². The van der Waals surface area contributed by atoms with Crippen molar-refractivity contribution in [2.24, 2.45) is 0 Å². The average Bonchev–Trinajstić information content (AvgIpc) is 3.40. The molecule has 5 N–H and O–H groups in total. The summed E-state index contributed by atoms with van der Waals surface area (Å²) in [6, 6.07) is 58.1. The second kappa shape index (κ2) is 24.4. The number of aromatic amines is 4. The molecule has 0 saturated carbocycles. The van der Waals surface area contributed by atoms with Gasteiger partial charge in [0.2, 0.25) is 0 Å². The predicted molar refractivity (Wildman–Crippen MR) is 282 cm³/mol. The van der Waals surface area contributed by atoms with Crippen LogP contribution >= 0.6 is 35.7 Å². The molecule has 0 aliphatic heterocycles. The van der Waals surface area contributed by atoms with Crippen LogP contribution in [-0.4, -0.2) is 46.7 Å². The van der Waals surface area contributed by atoms with Crippen molar-refractivity contribution in [3.05, 3.63) is 227 Å². The number of aliphatic carboxylic acids is 1. The van der Waals surface area contributed by atoms with E-state index in [1.165, 1.54) is 11.8 Å². The van der Waals surface area contributed by atoms with Gasteiger partial charge in [-0.15, -0.1) is 0 Å². The van der Waals surface area contributed by atoms with E-state index in [4.69, 9.17) is 22.6 Å². The number of carboxylic acids is 1. The fraction of sp³-hybridized carbons (Fsp3) is 0.0545. The third kappa shape index (κ3) is 13.1. The Kier molecular flexibility index (Phi) is 17.2. The first kappa shape index (κ1) is 50.7. The van der Waals surface area contributed by atoms with Crippen LogP contribution in [0.5, 0.6) is 0 Å². The molecular weight excluding hydrogens is 963 g/mol. The summed E-state index contributed by atoms with van der Waals surface area (Å²) in [4.78, 5) is 66.2. The van der Waals surface area contributed by atoms with E-state index in [0.29, 0.717) is 27.9 Å². The van der Waals surface area contributed by atoms with E-state index in [2.05, 4.69) is 29.9 Å².